The normalized spacial score (nSPS) is 14.3. The highest BCUT2D eigenvalue weighted by Crippen LogP contribution is 2.32. The first-order valence-electron chi connectivity index (χ1n) is 9.59. The molecule has 1 aromatic carbocycles. The number of hydrogen-bond donors (Lipinski definition) is 3. The zero-order valence-electron chi connectivity index (χ0n) is 16.2. The summed E-state index contributed by atoms with van der Waals surface area (Å²) in [5, 5.41) is 17.2. The van der Waals surface area contributed by atoms with E-state index in [1.165, 1.54) is 12.1 Å². The van der Waals surface area contributed by atoms with Gasteiger partial charge in [-0.3, -0.25) is 9.48 Å². The summed E-state index contributed by atoms with van der Waals surface area (Å²) in [7, 11) is 0. The molecule has 0 bridgehead atoms. The number of aryl methyl sites for hydroxylation is 1. The summed E-state index contributed by atoms with van der Waals surface area (Å²) in [4.78, 5) is 19.7. The standard InChI is InChI=1S/C20H20F3N5O2/c1-2-13(26-15-9-25-28-7-3-4-16(15)28)17-12-8-11(5-6-14(12)27-19(17)30)18(29)24-10-20(21,22)23/h5-6,8-9,27,30H,2-4,7,10H2,1H3,(H,24,29). The summed E-state index contributed by atoms with van der Waals surface area (Å²) in [5.41, 5.74) is 3.40. The van der Waals surface area contributed by atoms with Gasteiger partial charge in [0.05, 0.1) is 23.2 Å². The zero-order chi connectivity index (χ0) is 21.5. The fourth-order valence-corrected chi connectivity index (χ4v) is 3.69. The molecule has 1 aliphatic heterocycles. The molecule has 0 saturated heterocycles. The van der Waals surface area contributed by atoms with E-state index < -0.39 is 18.6 Å². The first-order chi connectivity index (χ1) is 14.3. The molecule has 0 spiro atoms. The summed E-state index contributed by atoms with van der Waals surface area (Å²) in [6.07, 6.45) is -0.437. The maximum atomic E-state index is 12.4. The van der Waals surface area contributed by atoms with Crippen LogP contribution in [0.15, 0.2) is 29.4 Å². The van der Waals surface area contributed by atoms with Crippen LogP contribution in [0.25, 0.3) is 10.9 Å². The van der Waals surface area contributed by atoms with Crippen molar-refractivity contribution in [1.29, 1.82) is 0 Å². The maximum absolute atomic E-state index is 12.4. The first kappa shape index (κ1) is 20.0. The number of nitrogens with zero attached hydrogens (tertiary/aromatic N) is 3. The van der Waals surface area contributed by atoms with Crippen LogP contribution in [0.1, 0.15) is 41.4 Å². The van der Waals surface area contributed by atoms with Gasteiger partial charge in [-0.25, -0.2) is 4.99 Å². The molecule has 158 valence electrons. The van der Waals surface area contributed by atoms with Crippen molar-refractivity contribution in [3.8, 4) is 5.88 Å². The molecule has 3 heterocycles. The van der Waals surface area contributed by atoms with Crippen molar-refractivity contribution in [2.45, 2.75) is 38.9 Å². The van der Waals surface area contributed by atoms with Gasteiger partial charge in [-0.15, -0.1) is 0 Å². The number of nitrogens with one attached hydrogen (secondary N) is 2. The molecule has 0 radical (unpaired) electrons. The lowest BCUT2D eigenvalue weighted by Gasteiger charge is -2.09. The molecule has 1 aliphatic rings. The minimum Gasteiger partial charge on any atom is -0.494 e. The monoisotopic (exact) mass is 419 g/mol. The van der Waals surface area contributed by atoms with Gasteiger partial charge in [0.15, 0.2) is 5.88 Å². The lowest BCUT2D eigenvalue weighted by Crippen LogP contribution is -2.33. The fourth-order valence-electron chi connectivity index (χ4n) is 3.69. The van der Waals surface area contributed by atoms with E-state index >= 15 is 0 Å². The number of benzene rings is 1. The van der Waals surface area contributed by atoms with Gasteiger partial charge in [0.1, 0.15) is 12.2 Å². The van der Waals surface area contributed by atoms with Crippen molar-refractivity contribution >= 4 is 28.2 Å². The number of aromatic amines is 1. The summed E-state index contributed by atoms with van der Waals surface area (Å²) < 4.78 is 39.1. The third kappa shape index (κ3) is 3.77. The van der Waals surface area contributed by atoms with Gasteiger partial charge in [-0.2, -0.15) is 18.3 Å². The molecule has 3 aromatic rings. The molecule has 0 atom stereocenters. The Hall–Kier alpha value is -3.30. The van der Waals surface area contributed by atoms with Crippen LogP contribution < -0.4 is 5.32 Å². The Bertz CT molecular complexity index is 1140. The predicted molar refractivity (Wildman–Crippen MR) is 105 cm³/mol. The highest BCUT2D eigenvalue weighted by Gasteiger charge is 2.28. The first-order valence-corrected chi connectivity index (χ1v) is 9.59. The second-order valence-corrected chi connectivity index (χ2v) is 7.12. The summed E-state index contributed by atoms with van der Waals surface area (Å²) >= 11 is 0. The SMILES string of the molecule is CCC(=Nc1cnn2c1CCC2)c1c(O)[nH]c2ccc(C(=O)NCC(F)(F)F)cc12. The van der Waals surface area contributed by atoms with Crippen LogP contribution in [0.3, 0.4) is 0 Å². The molecule has 30 heavy (non-hydrogen) atoms. The number of carbonyl (C=O) groups excluding carboxylic acids is 1. The Morgan fingerprint density at radius 3 is 2.93 bits per heavy atom. The second kappa shape index (κ2) is 7.51. The lowest BCUT2D eigenvalue weighted by atomic mass is 10.0. The summed E-state index contributed by atoms with van der Waals surface area (Å²) in [6.45, 7) is 1.32. The van der Waals surface area contributed by atoms with Crippen molar-refractivity contribution < 1.29 is 23.1 Å². The third-order valence-corrected chi connectivity index (χ3v) is 5.08. The molecule has 10 heteroatoms. The van der Waals surface area contributed by atoms with E-state index in [2.05, 4.69) is 10.1 Å². The molecule has 3 N–H and O–H groups in total. The van der Waals surface area contributed by atoms with Gasteiger partial charge >= 0.3 is 6.18 Å². The van der Waals surface area contributed by atoms with E-state index in [1.807, 2.05) is 16.9 Å². The Kier molecular flexibility index (Phi) is 5.00. The van der Waals surface area contributed by atoms with Gasteiger partial charge in [0.25, 0.3) is 5.91 Å². The molecule has 0 saturated carbocycles. The van der Waals surface area contributed by atoms with Gasteiger partial charge in [-0.05, 0) is 37.5 Å². The number of rotatable bonds is 5. The number of aliphatic imine (C=N–C) groups is 1. The van der Waals surface area contributed by atoms with E-state index in [-0.39, 0.29) is 11.4 Å². The summed E-state index contributed by atoms with van der Waals surface area (Å²) in [6, 6.07) is 4.41. The van der Waals surface area contributed by atoms with Crippen LogP contribution in [0, 0.1) is 0 Å². The number of carbonyl (C=O) groups is 1. The lowest BCUT2D eigenvalue weighted by molar-refractivity contribution is -0.123. The van der Waals surface area contributed by atoms with Crippen molar-refractivity contribution in [3.05, 3.63) is 41.2 Å². The van der Waals surface area contributed by atoms with Gasteiger partial charge < -0.3 is 15.4 Å². The van der Waals surface area contributed by atoms with E-state index in [1.54, 1.807) is 12.3 Å². The number of amides is 1. The summed E-state index contributed by atoms with van der Waals surface area (Å²) in [5.74, 6) is -0.951. The maximum Gasteiger partial charge on any atom is 0.405 e. The smallest absolute Gasteiger partial charge is 0.405 e. The van der Waals surface area contributed by atoms with E-state index in [9.17, 15) is 23.1 Å². The molecular formula is C20H20F3N5O2. The Balaban J connectivity index is 1.73. The second-order valence-electron chi connectivity index (χ2n) is 7.12. The van der Waals surface area contributed by atoms with Crippen molar-refractivity contribution in [2.24, 2.45) is 4.99 Å². The highest BCUT2D eigenvalue weighted by atomic mass is 19.4. The van der Waals surface area contributed by atoms with Crippen LogP contribution in [0.2, 0.25) is 0 Å². The molecule has 4 rings (SSSR count). The molecule has 0 fully saturated rings. The quantitative estimate of drug-likeness (QED) is 0.549. The number of alkyl halides is 3. The highest BCUT2D eigenvalue weighted by molar-refractivity contribution is 6.14. The number of hydrogen-bond acceptors (Lipinski definition) is 4. The Morgan fingerprint density at radius 2 is 2.20 bits per heavy atom. The van der Waals surface area contributed by atoms with Crippen LogP contribution in [0.5, 0.6) is 5.88 Å². The average molecular weight is 419 g/mol. The number of H-pyrrole nitrogens is 1. The largest absolute Gasteiger partial charge is 0.494 e. The van der Waals surface area contributed by atoms with Crippen molar-refractivity contribution in [2.75, 3.05) is 6.54 Å². The molecule has 1 amide bonds. The topological polar surface area (TPSA) is 95.3 Å². The molecule has 0 unspecified atom stereocenters. The van der Waals surface area contributed by atoms with Crippen LogP contribution in [0.4, 0.5) is 18.9 Å². The Labute approximate surface area is 169 Å². The molecule has 7 nitrogen and oxygen atoms in total. The number of halogens is 3. The Morgan fingerprint density at radius 1 is 1.40 bits per heavy atom. The molecular weight excluding hydrogens is 399 g/mol. The molecule has 2 aromatic heterocycles. The predicted octanol–water partition coefficient (Wildman–Crippen LogP) is 3.84. The van der Waals surface area contributed by atoms with Crippen LogP contribution in [-0.2, 0) is 13.0 Å². The number of fused-ring (bicyclic) bond motifs is 2. The van der Waals surface area contributed by atoms with Gasteiger partial charge in [0.2, 0.25) is 0 Å². The van der Waals surface area contributed by atoms with Gasteiger partial charge in [0, 0.05) is 23.0 Å². The van der Waals surface area contributed by atoms with E-state index in [0.29, 0.717) is 28.6 Å². The van der Waals surface area contributed by atoms with Crippen LogP contribution in [-0.4, -0.2) is 44.2 Å². The van der Waals surface area contributed by atoms with Crippen LogP contribution >= 0.6 is 0 Å². The minimum atomic E-state index is -4.49. The zero-order valence-corrected chi connectivity index (χ0v) is 16.2. The van der Waals surface area contributed by atoms with E-state index in [4.69, 9.17) is 4.99 Å². The van der Waals surface area contributed by atoms with Crippen molar-refractivity contribution in [3.63, 3.8) is 0 Å². The third-order valence-electron chi connectivity index (χ3n) is 5.08. The van der Waals surface area contributed by atoms with Crippen molar-refractivity contribution in [1.82, 2.24) is 20.1 Å². The fraction of sp³-hybridized carbons (Fsp3) is 0.350. The van der Waals surface area contributed by atoms with Gasteiger partial charge in [-0.1, -0.05) is 6.92 Å². The average Bonchev–Trinajstić information content (AvgIpc) is 3.38. The number of aromatic hydroxyl groups is 1. The number of aromatic nitrogens is 3. The molecule has 0 aliphatic carbocycles. The van der Waals surface area contributed by atoms with E-state index in [0.717, 1.165) is 30.8 Å². The minimum absolute atomic E-state index is 0.0638.